The number of aryl methyl sites for hydroxylation is 1. The molecule has 0 N–H and O–H groups in total. The van der Waals surface area contributed by atoms with Crippen molar-refractivity contribution in [2.75, 3.05) is 12.8 Å². The molecule has 0 aromatic carbocycles. The Balaban J connectivity index is 2.26. The molecule has 1 aromatic rings. The Labute approximate surface area is 87.6 Å². The maximum atomic E-state index is 8.74. The van der Waals surface area contributed by atoms with Gasteiger partial charge in [0, 0.05) is 13.1 Å². The van der Waals surface area contributed by atoms with Crippen LogP contribution in [0.25, 0.3) is 0 Å². The number of hydrogen-bond acceptors (Lipinski definition) is 4. The smallest absolute Gasteiger partial charge is 0.162 e. The SMILES string of the molecule is CSN1CCCn2nc(C#N)cc2C1. The van der Waals surface area contributed by atoms with E-state index in [1.54, 1.807) is 11.9 Å². The predicted molar refractivity (Wildman–Crippen MR) is 55.5 cm³/mol. The first-order chi connectivity index (χ1) is 6.83. The fourth-order valence-corrected chi connectivity index (χ4v) is 2.22. The first-order valence-corrected chi connectivity index (χ1v) is 5.77. The zero-order valence-corrected chi connectivity index (χ0v) is 8.92. The van der Waals surface area contributed by atoms with E-state index in [4.69, 9.17) is 5.26 Å². The summed E-state index contributed by atoms with van der Waals surface area (Å²) in [6, 6.07) is 3.96. The Hall–Kier alpha value is -0.990. The van der Waals surface area contributed by atoms with Crippen LogP contribution in [-0.2, 0) is 13.1 Å². The Morgan fingerprint density at radius 1 is 1.57 bits per heavy atom. The van der Waals surface area contributed by atoms with Gasteiger partial charge in [-0.3, -0.25) is 4.68 Å². The topological polar surface area (TPSA) is 44.9 Å². The van der Waals surface area contributed by atoms with E-state index in [2.05, 4.69) is 21.7 Å². The van der Waals surface area contributed by atoms with E-state index in [1.807, 2.05) is 10.7 Å². The molecule has 0 aliphatic carbocycles. The van der Waals surface area contributed by atoms with Crippen LogP contribution in [0.1, 0.15) is 17.8 Å². The van der Waals surface area contributed by atoms with E-state index in [-0.39, 0.29) is 0 Å². The van der Waals surface area contributed by atoms with E-state index < -0.39 is 0 Å². The van der Waals surface area contributed by atoms with Crippen LogP contribution >= 0.6 is 11.9 Å². The molecule has 74 valence electrons. The molecule has 1 aromatic heterocycles. The zero-order chi connectivity index (χ0) is 9.97. The third-order valence-electron chi connectivity index (χ3n) is 2.35. The second kappa shape index (κ2) is 4.03. The van der Waals surface area contributed by atoms with Crippen molar-refractivity contribution in [3.8, 4) is 6.07 Å². The molecule has 0 saturated carbocycles. The van der Waals surface area contributed by atoms with Crippen molar-refractivity contribution in [3.05, 3.63) is 17.5 Å². The fourth-order valence-electron chi connectivity index (χ4n) is 1.64. The summed E-state index contributed by atoms with van der Waals surface area (Å²) >= 11 is 1.75. The highest BCUT2D eigenvalue weighted by atomic mass is 32.2. The summed E-state index contributed by atoms with van der Waals surface area (Å²) in [4.78, 5) is 0. The molecule has 0 amide bonds. The molecule has 4 nitrogen and oxygen atoms in total. The van der Waals surface area contributed by atoms with Crippen LogP contribution in [0.4, 0.5) is 0 Å². The van der Waals surface area contributed by atoms with Gasteiger partial charge in [-0.1, -0.05) is 11.9 Å². The minimum Gasteiger partial charge on any atom is -0.267 e. The van der Waals surface area contributed by atoms with Gasteiger partial charge in [0.05, 0.1) is 12.2 Å². The van der Waals surface area contributed by atoms with Crippen LogP contribution in [0.5, 0.6) is 0 Å². The highest BCUT2D eigenvalue weighted by Crippen LogP contribution is 2.17. The molecule has 0 unspecified atom stereocenters. The van der Waals surface area contributed by atoms with Gasteiger partial charge in [-0.05, 0) is 18.7 Å². The van der Waals surface area contributed by atoms with Crippen molar-refractivity contribution < 1.29 is 0 Å². The van der Waals surface area contributed by atoms with Gasteiger partial charge in [0.1, 0.15) is 6.07 Å². The van der Waals surface area contributed by atoms with Crippen LogP contribution in [0.15, 0.2) is 6.07 Å². The van der Waals surface area contributed by atoms with Crippen molar-refractivity contribution in [1.82, 2.24) is 14.1 Å². The second-order valence-electron chi connectivity index (χ2n) is 3.26. The highest BCUT2D eigenvalue weighted by Gasteiger charge is 2.15. The molecule has 14 heavy (non-hydrogen) atoms. The van der Waals surface area contributed by atoms with Crippen molar-refractivity contribution in [2.45, 2.75) is 19.5 Å². The maximum absolute atomic E-state index is 8.74. The van der Waals surface area contributed by atoms with Crippen molar-refractivity contribution in [2.24, 2.45) is 0 Å². The van der Waals surface area contributed by atoms with E-state index >= 15 is 0 Å². The largest absolute Gasteiger partial charge is 0.267 e. The van der Waals surface area contributed by atoms with Crippen molar-refractivity contribution in [3.63, 3.8) is 0 Å². The number of hydrogen-bond donors (Lipinski definition) is 0. The molecule has 2 heterocycles. The van der Waals surface area contributed by atoms with Gasteiger partial charge in [-0.25, -0.2) is 4.31 Å². The Bertz CT molecular complexity index is 365. The number of fused-ring (bicyclic) bond motifs is 1. The lowest BCUT2D eigenvalue weighted by Gasteiger charge is -2.14. The average molecular weight is 208 g/mol. The van der Waals surface area contributed by atoms with Crippen LogP contribution in [0.3, 0.4) is 0 Å². The monoisotopic (exact) mass is 208 g/mol. The van der Waals surface area contributed by atoms with Gasteiger partial charge in [0.15, 0.2) is 5.69 Å². The normalized spacial score (nSPS) is 17.1. The molecule has 0 bridgehead atoms. The lowest BCUT2D eigenvalue weighted by Crippen LogP contribution is -2.13. The van der Waals surface area contributed by atoms with E-state index in [0.717, 1.165) is 31.7 Å². The molecule has 2 rings (SSSR count). The Kier molecular flexibility index (Phi) is 2.75. The van der Waals surface area contributed by atoms with Crippen molar-refractivity contribution >= 4 is 11.9 Å². The molecule has 0 spiro atoms. The average Bonchev–Trinajstić information content (AvgIpc) is 2.50. The minimum absolute atomic E-state index is 0.531. The predicted octanol–water partition coefficient (Wildman–Crippen LogP) is 1.24. The van der Waals surface area contributed by atoms with Gasteiger partial charge in [0.25, 0.3) is 0 Å². The Morgan fingerprint density at radius 2 is 2.43 bits per heavy atom. The first kappa shape index (κ1) is 9.56. The number of aromatic nitrogens is 2. The van der Waals surface area contributed by atoms with Crippen LogP contribution in [0.2, 0.25) is 0 Å². The van der Waals surface area contributed by atoms with Gasteiger partial charge in [-0.15, -0.1) is 0 Å². The molecular formula is C9H12N4S. The zero-order valence-electron chi connectivity index (χ0n) is 8.10. The molecule has 0 radical (unpaired) electrons. The molecule has 0 fully saturated rings. The Morgan fingerprint density at radius 3 is 3.14 bits per heavy atom. The lowest BCUT2D eigenvalue weighted by atomic mass is 10.3. The van der Waals surface area contributed by atoms with Crippen molar-refractivity contribution in [1.29, 1.82) is 5.26 Å². The summed E-state index contributed by atoms with van der Waals surface area (Å²) in [5, 5.41) is 13.0. The molecule has 1 aliphatic heterocycles. The fraction of sp³-hybridized carbons (Fsp3) is 0.556. The molecule has 1 aliphatic rings. The van der Waals surface area contributed by atoms with E-state index in [1.165, 1.54) is 0 Å². The third kappa shape index (κ3) is 1.76. The van der Waals surface area contributed by atoms with Gasteiger partial charge < -0.3 is 0 Å². The number of rotatable bonds is 1. The summed E-state index contributed by atoms with van der Waals surface area (Å²) in [6.45, 7) is 2.90. The van der Waals surface area contributed by atoms with Gasteiger partial charge >= 0.3 is 0 Å². The summed E-state index contributed by atoms with van der Waals surface area (Å²) in [5.41, 5.74) is 1.68. The summed E-state index contributed by atoms with van der Waals surface area (Å²) in [7, 11) is 0. The maximum Gasteiger partial charge on any atom is 0.162 e. The molecule has 0 atom stereocenters. The highest BCUT2D eigenvalue weighted by molar-refractivity contribution is 7.96. The van der Waals surface area contributed by atoms with Crippen LogP contribution < -0.4 is 0 Å². The van der Waals surface area contributed by atoms with E-state index in [9.17, 15) is 0 Å². The summed E-state index contributed by atoms with van der Waals surface area (Å²) in [6.07, 6.45) is 3.18. The van der Waals surface area contributed by atoms with Gasteiger partial charge in [-0.2, -0.15) is 10.4 Å². The molecule has 0 saturated heterocycles. The van der Waals surface area contributed by atoms with E-state index in [0.29, 0.717) is 5.69 Å². The number of nitrogens with zero attached hydrogens (tertiary/aromatic N) is 4. The quantitative estimate of drug-likeness (QED) is 0.651. The summed E-state index contributed by atoms with van der Waals surface area (Å²) in [5.74, 6) is 0. The lowest BCUT2D eigenvalue weighted by molar-refractivity contribution is 0.471. The van der Waals surface area contributed by atoms with Crippen LogP contribution in [-0.4, -0.2) is 26.9 Å². The van der Waals surface area contributed by atoms with Gasteiger partial charge in [0.2, 0.25) is 0 Å². The minimum atomic E-state index is 0.531. The van der Waals surface area contributed by atoms with Crippen LogP contribution in [0, 0.1) is 11.3 Å². The molecular weight excluding hydrogens is 196 g/mol. The second-order valence-corrected chi connectivity index (χ2v) is 4.14. The number of nitriles is 1. The standard InChI is InChI=1S/C9H12N4S/c1-14-12-3-2-4-13-9(7-12)5-8(6-10)11-13/h5H,2-4,7H2,1H3. The molecule has 5 heteroatoms. The first-order valence-electron chi connectivity index (χ1n) is 4.59. The third-order valence-corrected chi connectivity index (χ3v) is 3.18. The summed E-state index contributed by atoms with van der Waals surface area (Å²) < 4.78 is 4.25.